The van der Waals surface area contributed by atoms with Gasteiger partial charge in [-0.3, -0.25) is 0 Å². The van der Waals surface area contributed by atoms with Crippen LogP contribution in [0.25, 0.3) is 0 Å². The standard InChI is InChI=1S/C7H13N3O8/c8-7(16)9-10(17)5(14)3(13)4-1(11)2(12)6(15)18-4/h1-6,11-15H,(H2-,8,9,16,17)/p+1/t1-,2-,3+,4+,5?,6?/m1/s1. The normalized spacial score (nSPS) is 34.9. The van der Waals surface area contributed by atoms with Gasteiger partial charge in [0.25, 0.3) is 0 Å². The summed E-state index contributed by atoms with van der Waals surface area (Å²) in [4.78, 5) is 20.9. The van der Waals surface area contributed by atoms with Crippen LogP contribution in [0.3, 0.4) is 0 Å². The molecule has 0 aromatic rings. The molecule has 1 fully saturated rings. The predicted molar refractivity (Wildman–Crippen MR) is 51.3 cm³/mol. The van der Waals surface area contributed by atoms with Gasteiger partial charge in [-0.1, -0.05) is 5.43 Å². The van der Waals surface area contributed by atoms with Crippen LogP contribution in [0, 0.1) is 4.91 Å². The predicted octanol–water partition coefficient (Wildman–Crippen LogP) is -4.53. The molecule has 1 aliphatic heterocycles. The average molecular weight is 268 g/mol. The summed E-state index contributed by atoms with van der Waals surface area (Å²) in [5.41, 5.74) is 6.04. The number of urea groups is 1. The fourth-order valence-corrected chi connectivity index (χ4v) is 1.45. The average Bonchev–Trinajstić information content (AvgIpc) is 2.54. The van der Waals surface area contributed by atoms with Crippen molar-refractivity contribution in [2.45, 2.75) is 36.9 Å². The number of carbonyl (C=O) groups excluding carboxylic acids is 1. The van der Waals surface area contributed by atoms with Crippen LogP contribution in [-0.2, 0) is 4.74 Å². The first-order chi connectivity index (χ1) is 8.25. The lowest BCUT2D eigenvalue weighted by Gasteiger charge is -2.19. The number of carbonyl (C=O) groups is 1. The first-order valence-electron chi connectivity index (χ1n) is 4.84. The van der Waals surface area contributed by atoms with E-state index in [1.807, 2.05) is 0 Å². The third kappa shape index (κ3) is 2.90. The zero-order valence-corrected chi connectivity index (χ0v) is 8.95. The topological polar surface area (TPSA) is 186 Å². The van der Waals surface area contributed by atoms with E-state index in [1.165, 1.54) is 5.43 Å². The number of nitrogens with one attached hydrogen (secondary N) is 1. The Morgan fingerprint density at radius 1 is 1.28 bits per heavy atom. The molecule has 1 rings (SSSR count). The molecular formula is C7H14N3O8+. The maximum atomic E-state index is 11.1. The Balaban J connectivity index is 2.67. The highest BCUT2D eigenvalue weighted by Crippen LogP contribution is 2.23. The molecule has 6 atom stereocenters. The van der Waals surface area contributed by atoms with Crippen LogP contribution < -0.4 is 11.2 Å². The van der Waals surface area contributed by atoms with E-state index in [1.54, 1.807) is 0 Å². The van der Waals surface area contributed by atoms with Gasteiger partial charge in [0.1, 0.15) is 18.3 Å². The fourth-order valence-electron chi connectivity index (χ4n) is 1.45. The second kappa shape index (κ2) is 5.51. The number of hydrogen-bond donors (Lipinski definition) is 7. The van der Waals surface area contributed by atoms with Crippen molar-refractivity contribution >= 4 is 6.03 Å². The van der Waals surface area contributed by atoms with Crippen LogP contribution >= 0.6 is 0 Å². The van der Waals surface area contributed by atoms with Gasteiger partial charge in [0.15, 0.2) is 17.3 Å². The number of rotatable bonds is 4. The summed E-state index contributed by atoms with van der Waals surface area (Å²) in [7, 11) is 0. The lowest BCUT2D eigenvalue weighted by Crippen LogP contribution is -2.53. The zero-order chi connectivity index (χ0) is 14.0. The monoisotopic (exact) mass is 268 g/mol. The summed E-state index contributed by atoms with van der Waals surface area (Å²) in [5.74, 6) is 0. The van der Waals surface area contributed by atoms with Crippen molar-refractivity contribution in [1.82, 2.24) is 5.43 Å². The van der Waals surface area contributed by atoms with Crippen molar-refractivity contribution in [3.05, 3.63) is 4.91 Å². The smallest absolute Gasteiger partial charge is 0.368 e. The van der Waals surface area contributed by atoms with Gasteiger partial charge in [0.05, 0.1) is 4.91 Å². The summed E-state index contributed by atoms with van der Waals surface area (Å²) < 4.78 is 4.56. The highest BCUT2D eigenvalue weighted by atomic mass is 16.7. The first kappa shape index (κ1) is 14.7. The van der Waals surface area contributed by atoms with Gasteiger partial charge in [-0.25, -0.2) is 4.79 Å². The second-order valence-corrected chi connectivity index (χ2v) is 3.68. The van der Waals surface area contributed by atoms with E-state index in [4.69, 9.17) is 10.2 Å². The molecule has 2 unspecified atom stereocenters. The zero-order valence-electron chi connectivity index (χ0n) is 8.95. The maximum absolute atomic E-state index is 11.1. The van der Waals surface area contributed by atoms with E-state index in [2.05, 4.69) is 10.5 Å². The van der Waals surface area contributed by atoms with Crippen LogP contribution in [0.1, 0.15) is 0 Å². The second-order valence-electron chi connectivity index (χ2n) is 3.68. The molecular weight excluding hydrogens is 254 g/mol. The molecule has 0 aromatic carbocycles. The number of hydrogen-bond acceptors (Lipinski definition) is 8. The number of aliphatic hydroxyl groups excluding tert-OH is 5. The number of aliphatic hydroxyl groups is 5. The van der Waals surface area contributed by atoms with E-state index in [-0.39, 0.29) is 0 Å². The van der Waals surface area contributed by atoms with Crippen molar-refractivity contribution in [3.63, 3.8) is 0 Å². The maximum Gasteiger partial charge on any atom is 0.368 e. The molecule has 0 bridgehead atoms. The molecule has 0 aliphatic carbocycles. The molecule has 0 saturated carbocycles. The van der Waals surface area contributed by atoms with Crippen molar-refractivity contribution in [2.75, 3.05) is 0 Å². The summed E-state index contributed by atoms with van der Waals surface area (Å²) in [6, 6.07) is -1.27. The number of amides is 2. The van der Waals surface area contributed by atoms with Crippen molar-refractivity contribution in [3.8, 4) is 0 Å². The summed E-state index contributed by atoms with van der Waals surface area (Å²) >= 11 is 0. The van der Waals surface area contributed by atoms with E-state index < -0.39 is 47.8 Å². The number of nitroso groups, excluding NO2 is 1. The number of hydrazine groups is 1. The fraction of sp³-hybridized carbons (Fsp3) is 0.857. The minimum atomic E-state index is -2.21. The van der Waals surface area contributed by atoms with Gasteiger partial charge in [0, 0.05) is 0 Å². The minimum absolute atomic E-state index is 0.458. The lowest BCUT2D eigenvalue weighted by molar-refractivity contribution is -0.675. The third-order valence-corrected chi connectivity index (χ3v) is 2.38. The Labute approximate surface area is 99.9 Å². The Morgan fingerprint density at radius 3 is 2.22 bits per heavy atom. The number of primary amides is 1. The SMILES string of the molecule is NC(=O)N[N+](=O)C(O)[C@@H](O)[C@H]1OC(O)[C@H](O)[C@H]1O. The van der Waals surface area contributed by atoms with Crippen LogP contribution in [-0.4, -0.2) is 73.4 Å². The molecule has 11 nitrogen and oxygen atoms in total. The number of nitrogens with two attached hydrogens (primary N) is 1. The number of nitrogens with zero attached hydrogens (tertiary/aromatic N) is 1. The highest BCUT2D eigenvalue weighted by molar-refractivity contribution is 5.70. The Kier molecular flexibility index (Phi) is 4.50. The Hall–Kier alpha value is -1.37. The first-order valence-corrected chi connectivity index (χ1v) is 4.84. The lowest BCUT2D eigenvalue weighted by atomic mass is 10.1. The van der Waals surface area contributed by atoms with Crippen molar-refractivity contribution < 1.29 is 39.9 Å². The van der Waals surface area contributed by atoms with Crippen LogP contribution in [0.2, 0.25) is 0 Å². The largest absolute Gasteiger partial charge is 0.387 e. The third-order valence-electron chi connectivity index (χ3n) is 2.38. The van der Waals surface area contributed by atoms with E-state index in [0.29, 0.717) is 0 Å². The summed E-state index contributed by atoms with van der Waals surface area (Å²) in [6.45, 7) is 0. The van der Waals surface area contributed by atoms with E-state index in [0.717, 1.165) is 0 Å². The van der Waals surface area contributed by atoms with E-state index >= 15 is 0 Å². The molecule has 18 heavy (non-hydrogen) atoms. The molecule has 1 aliphatic rings. The van der Waals surface area contributed by atoms with Crippen LogP contribution in [0.4, 0.5) is 4.79 Å². The molecule has 2 amide bonds. The van der Waals surface area contributed by atoms with Gasteiger partial charge in [-0.05, 0) is 0 Å². The molecule has 1 saturated heterocycles. The molecule has 0 radical (unpaired) electrons. The van der Waals surface area contributed by atoms with Crippen LogP contribution in [0.5, 0.6) is 0 Å². The Bertz CT molecular complexity index is 339. The minimum Gasteiger partial charge on any atom is -0.387 e. The molecule has 8 N–H and O–H groups in total. The molecule has 11 heteroatoms. The van der Waals surface area contributed by atoms with Gasteiger partial charge in [-0.15, -0.1) is 0 Å². The molecule has 0 aromatic heterocycles. The van der Waals surface area contributed by atoms with Gasteiger partial charge in [0.2, 0.25) is 0 Å². The van der Waals surface area contributed by atoms with Gasteiger partial charge >= 0.3 is 12.3 Å². The summed E-state index contributed by atoms with van der Waals surface area (Å²) in [6.07, 6.45) is -11.0. The molecule has 1 heterocycles. The molecule has 104 valence electrons. The Morgan fingerprint density at radius 2 is 1.83 bits per heavy atom. The highest BCUT2D eigenvalue weighted by Gasteiger charge is 2.51. The molecule has 0 spiro atoms. The van der Waals surface area contributed by atoms with Gasteiger partial charge in [-0.2, -0.15) is 0 Å². The van der Waals surface area contributed by atoms with Crippen molar-refractivity contribution in [2.24, 2.45) is 5.73 Å². The summed E-state index contributed by atoms with van der Waals surface area (Å²) in [5, 5.41) is 46.4. The van der Waals surface area contributed by atoms with Crippen molar-refractivity contribution in [1.29, 1.82) is 0 Å². The number of ether oxygens (including phenoxy) is 1. The quantitative estimate of drug-likeness (QED) is 0.151. The van der Waals surface area contributed by atoms with E-state index in [9.17, 15) is 25.0 Å². The van der Waals surface area contributed by atoms with Crippen LogP contribution in [0.15, 0.2) is 0 Å². The van der Waals surface area contributed by atoms with Gasteiger partial charge < -0.3 is 36.0 Å².